The number of aliphatic hydroxyl groups excluding tert-OH is 4. The first-order chi connectivity index (χ1) is 12.4. The normalized spacial score (nSPS) is 27.9. The quantitative estimate of drug-likeness (QED) is 0.570. The Labute approximate surface area is 149 Å². The molecule has 0 spiro atoms. The predicted octanol–water partition coefficient (Wildman–Crippen LogP) is 0.0473. The summed E-state index contributed by atoms with van der Waals surface area (Å²) in [6.07, 6.45) is -4.71. The van der Waals surface area contributed by atoms with E-state index in [0.29, 0.717) is 22.3 Å². The van der Waals surface area contributed by atoms with Crippen molar-refractivity contribution in [2.75, 3.05) is 6.61 Å². The summed E-state index contributed by atoms with van der Waals surface area (Å²) < 4.78 is 5.21. The van der Waals surface area contributed by atoms with E-state index < -0.39 is 30.7 Å². The first-order valence-electron chi connectivity index (χ1n) is 7.91. The van der Waals surface area contributed by atoms with Crippen LogP contribution in [0.4, 0.5) is 0 Å². The van der Waals surface area contributed by atoms with E-state index >= 15 is 0 Å². The van der Waals surface area contributed by atoms with Gasteiger partial charge >= 0.3 is 0 Å². The molecule has 0 unspecified atom stereocenters. The highest BCUT2D eigenvalue weighted by Gasteiger charge is 2.54. The van der Waals surface area contributed by atoms with Gasteiger partial charge in [0.2, 0.25) is 0 Å². The molecule has 0 amide bonds. The molecule has 7 heteroatoms. The number of hydrogen-bond donors (Lipinski definition) is 4. The summed E-state index contributed by atoms with van der Waals surface area (Å²) in [6.45, 7) is -0.662. The number of aliphatic hydroxyl groups is 4. The molecule has 2 aromatic carbocycles. The van der Waals surface area contributed by atoms with E-state index in [4.69, 9.17) is 10.00 Å². The third kappa shape index (κ3) is 2.90. The van der Waals surface area contributed by atoms with Crippen LogP contribution in [0.25, 0.3) is 0 Å². The largest absolute Gasteiger partial charge is 0.393 e. The van der Waals surface area contributed by atoms with Gasteiger partial charge < -0.3 is 25.2 Å². The number of ether oxygens (including phenoxy) is 1. The Morgan fingerprint density at radius 2 is 1.58 bits per heavy atom. The lowest BCUT2D eigenvalue weighted by Gasteiger charge is -2.30. The van der Waals surface area contributed by atoms with E-state index in [9.17, 15) is 25.2 Å². The van der Waals surface area contributed by atoms with Gasteiger partial charge in [-0.05, 0) is 29.8 Å². The second-order valence-electron chi connectivity index (χ2n) is 6.09. The molecule has 1 fully saturated rings. The SMILES string of the molecule is N#Cc1ccc(C(=O)c2ccc([C@]3(CO)O[C@@H](O)[C@H](O)[C@H]3O)cc2)cc1. The van der Waals surface area contributed by atoms with Crippen LogP contribution in [0.3, 0.4) is 0 Å². The van der Waals surface area contributed by atoms with Crippen molar-refractivity contribution >= 4 is 5.78 Å². The summed E-state index contributed by atoms with van der Waals surface area (Å²) in [7, 11) is 0. The van der Waals surface area contributed by atoms with Gasteiger partial charge in [-0.2, -0.15) is 5.26 Å². The summed E-state index contributed by atoms with van der Waals surface area (Å²) in [6, 6.07) is 14.2. The maximum atomic E-state index is 12.5. The van der Waals surface area contributed by atoms with Gasteiger partial charge in [0.05, 0.1) is 18.2 Å². The monoisotopic (exact) mass is 355 g/mol. The maximum Gasteiger partial charge on any atom is 0.193 e. The molecular weight excluding hydrogens is 338 g/mol. The van der Waals surface area contributed by atoms with E-state index in [1.54, 1.807) is 24.3 Å². The minimum atomic E-state index is -1.67. The molecule has 1 aliphatic heterocycles. The Bertz CT molecular complexity index is 842. The van der Waals surface area contributed by atoms with Crippen molar-refractivity contribution in [2.45, 2.75) is 24.1 Å². The van der Waals surface area contributed by atoms with Crippen molar-refractivity contribution in [1.29, 1.82) is 5.26 Å². The number of ketones is 1. The van der Waals surface area contributed by atoms with E-state index in [-0.39, 0.29) is 5.78 Å². The number of nitriles is 1. The molecule has 3 rings (SSSR count). The summed E-state index contributed by atoms with van der Waals surface area (Å²) in [4.78, 5) is 12.5. The molecule has 0 radical (unpaired) electrons. The third-order valence-corrected chi connectivity index (χ3v) is 4.57. The lowest BCUT2D eigenvalue weighted by atomic mass is 9.87. The lowest BCUT2D eigenvalue weighted by Crippen LogP contribution is -2.43. The molecular formula is C19H17NO6. The average molecular weight is 355 g/mol. The zero-order chi connectivity index (χ0) is 18.9. The topological polar surface area (TPSA) is 131 Å². The van der Waals surface area contributed by atoms with E-state index in [0.717, 1.165) is 0 Å². The molecule has 2 aromatic rings. The van der Waals surface area contributed by atoms with Crippen molar-refractivity contribution in [3.05, 3.63) is 70.8 Å². The Kier molecular flexibility index (Phi) is 4.87. The van der Waals surface area contributed by atoms with Gasteiger partial charge in [0.15, 0.2) is 12.1 Å². The third-order valence-electron chi connectivity index (χ3n) is 4.57. The number of benzene rings is 2. The lowest BCUT2D eigenvalue weighted by molar-refractivity contribution is -0.179. The molecule has 1 aliphatic rings. The van der Waals surface area contributed by atoms with Crippen LogP contribution in [0, 0.1) is 11.3 Å². The second-order valence-corrected chi connectivity index (χ2v) is 6.09. The molecule has 26 heavy (non-hydrogen) atoms. The van der Waals surface area contributed by atoms with Crippen molar-refractivity contribution in [3.63, 3.8) is 0 Å². The van der Waals surface area contributed by atoms with Gasteiger partial charge in [0.25, 0.3) is 0 Å². The van der Waals surface area contributed by atoms with E-state index in [1.807, 2.05) is 6.07 Å². The number of nitrogens with zero attached hydrogens (tertiary/aromatic N) is 1. The summed E-state index contributed by atoms with van der Waals surface area (Å²) >= 11 is 0. The Morgan fingerprint density at radius 3 is 2.00 bits per heavy atom. The molecule has 1 heterocycles. The van der Waals surface area contributed by atoms with E-state index in [1.165, 1.54) is 24.3 Å². The minimum absolute atomic E-state index is 0.257. The van der Waals surface area contributed by atoms with Gasteiger partial charge in [-0.15, -0.1) is 0 Å². The second kappa shape index (κ2) is 6.96. The first kappa shape index (κ1) is 18.2. The molecule has 1 saturated heterocycles. The number of carbonyl (C=O) groups is 1. The standard InChI is InChI=1S/C19H17NO6/c20-9-11-1-3-12(4-2-11)15(22)13-5-7-14(8-6-13)19(10-21)17(24)16(23)18(25)26-19/h1-8,16-18,21,23-25H,10H2/t16-,17-,18-,19+/m1/s1. The van der Waals surface area contributed by atoms with Crippen LogP contribution in [0.1, 0.15) is 27.0 Å². The van der Waals surface area contributed by atoms with Crippen LogP contribution in [-0.4, -0.2) is 51.3 Å². The number of rotatable bonds is 4. The number of hydrogen-bond acceptors (Lipinski definition) is 7. The zero-order valence-corrected chi connectivity index (χ0v) is 13.6. The fourth-order valence-corrected chi connectivity index (χ4v) is 3.01. The summed E-state index contributed by atoms with van der Waals surface area (Å²) in [5, 5.41) is 48.0. The molecule has 0 bridgehead atoms. The highest BCUT2D eigenvalue weighted by Crippen LogP contribution is 2.39. The fraction of sp³-hybridized carbons (Fsp3) is 0.263. The van der Waals surface area contributed by atoms with Crippen LogP contribution < -0.4 is 0 Å². The van der Waals surface area contributed by atoms with Crippen molar-refractivity contribution in [1.82, 2.24) is 0 Å². The molecule has 0 aromatic heterocycles. The zero-order valence-electron chi connectivity index (χ0n) is 13.6. The van der Waals surface area contributed by atoms with Gasteiger partial charge in [-0.3, -0.25) is 4.79 Å². The van der Waals surface area contributed by atoms with Crippen molar-refractivity contribution in [3.8, 4) is 6.07 Å². The predicted molar refractivity (Wildman–Crippen MR) is 88.9 cm³/mol. The summed E-state index contributed by atoms with van der Waals surface area (Å²) in [5.74, 6) is -0.257. The van der Waals surface area contributed by atoms with Crippen LogP contribution in [0.5, 0.6) is 0 Å². The molecule has 134 valence electrons. The van der Waals surface area contributed by atoms with E-state index in [2.05, 4.69) is 0 Å². The van der Waals surface area contributed by atoms with Gasteiger partial charge in [0, 0.05) is 11.1 Å². The molecule has 4 atom stereocenters. The van der Waals surface area contributed by atoms with Crippen LogP contribution in [-0.2, 0) is 10.3 Å². The smallest absolute Gasteiger partial charge is 0.193 e. The van der Waals surface area contributed by atoms with Crippen LogP contribution in [0.15, 0.2) is 48.5 Å². The highest BCUT2D eigenvalue weighted by atomic mass is 16.7. The van der Waals surface area contributed by atoms with Crippen molar-refractivity contribution < 1.29 is 30.0 Å². The minimum Gasteiger partial charge on any atom is -0.393 e. The average Bonchev–Trinajstić information content (AvgIpc) is 2.92. The Hall–Kier alpha value is -2.60. The highest BCUT2D eigenvalue weighted by molar-refractivity contribution is 6.09. The van der Waals surface area contributed by atoms with Crippen LogP contribution >= 0.6 is 0 Å². The Morgan fingerprint density at radius 1 is 1.04 bits per heavy atom. The molecule has 4 N–H and O–H groups in total. The van der Waals surface area contributed by atoms with Crippen LogP contribution in [0.2, 0.25) is 0 Å². The summed E-state index contributed by atoms with van der Waals surface area (Å²) in [5.41, 5.74) is -0.128. The van der Waals surface area contributed by atoms with Gasteiger partial charge in [-0.25, -0.2) is 0 Å². The van der Waals surface area contributed by atoms with Gasteiger partial charge in [0.1, 0.15) is 17.8 Å². The van der Waals surface area contributed by atoms with Gasteiger partial charge in [-0.1, -0.05) is 24.3 Å². The first-order valence-corrected chi connectivity index (χ1v) is 7.91. The molecule has 7 nitrogen and oxygen atoms in total. The fourth-order valence-electron chi connectivity index (χ4n) is 3.01. The number of carbonyl (C=O) groups excluding carboxylic acids is 1. The van der Waals surface area contributed by atoms with Crippen molar-refractivity contribution in [2.24, 2.45) is 0 Å². The molecule has 0 saturated carbocycles. The maximum absolute atomic E-state index is 12.5. The molecule has 0 aliphatic carbocycles. The Balaban J connectivity index is 1.88.